The van der Waals surface area contributed by atoms with Crippen LogP contribution >= 0.6 is 0 Å². The maximum absolute atomic E-state index is 3.81. The van der Waals surface area contributed by atoms with Gasteiger partial charge in [0.15, 0.2) is 0 Å². The predicted molar refractivity (Wildman–Crippen MR) is 91.0 cm³/mol. The minimum Gasteiger partial charge on any atom is -0.371 e. The second kappa shape index (κ2) is 7.31. The van der Waals surface area contributed by atoms with Gasteiger partial charge in [0.05, 0.1) is 0 Å². The van der Waals surface area contributed by atoms with Crippen LogP contribution in [0.25, 0.3) is 0 Å². The topological polar surface area (TPSA) is 15.3 Å². The average molecular weight is 286 g/mol. The monoisotopic (exact) mass is 286 g/mol. The van der Waals surface area contributed by atoms with Gasteiger partial charge in [-0.15, -0.1) is 0 Å². The summed E-state index contributed by atoms with van der Waals surface area (Å²) in [6, 6.07) is 9.77. The number of anilines is 1. The third-order valence-electron chi connectivity index (χ3n) is 5.23. The van der Waals surface area contributed by atoms with Crippen molar-refractivity contribution in [3.05, 3.63) is 29.8 Å². The first-order valence-electron chi connectivity index (χ1n) is 8.94. The Kier molecular flexibility index (Phi) is 5.18. The zero-order chi connectivity index (χ0) is 14.5. The van der Waals surface area contributed by atoms with Crippen molar-refractivity contribution in [3.8, 4) is 0 Å². The van der Waals surface area contributed by atoms with E-state index in [4.69, 9.17) is 0 Å². The van der Waals surface area contributed by atoms with Gasteiger partial charge in [-0.2, -0.15) is 0 Å². The summed E-state index contributed by atoms with van der Waals surface area (Å²) >= 11 is 0. The Morgan fingerprint density at radius 2 is 2.00 bits per heavy atom. The van der Waals surface area contributed by atoms with Gasteiger partial charge in [-0.05, 0) is 56.2 Å². The zero-order valence-electron chi connectivity index (χ0n) is 13.5. The summed E-state index contributed by atoms with van der Waals surface area (Å²) < 4.78 is 0. The van der Waals surface area contributed by atoms with Crippen molar-refractivity contribution < 1.29 is 0 Å². The Bertz CT molecular complexity index is 443. The molecule has 1 aliphatic heterocycles. The second-order valence-electron chi connectivity index (χ2n) is 6.78. The minimum absolute atomic E-state index is 0.743. The molecule has 0 radical (unpaired) electrons. The number of para-hydroxylation sites is 1. The maximum atomic E-state index is 3.81. The van der Waals surface area contributed by atoms with E-state index >= 15 is 0 Å². The van der Waals surface area contributed by atoms with Gasteiger partial charge in [0.1, 0.15) is 0 Å². The molecule has 0 bridgehead atoms. The Balaban J connectivity index is 1.67. The lowest BCUT2D eigenvalue weighted by Crippen LogP contribution is -2.45. The number of nitrogens with zero attached hydrogens (tertiary/aromatic N) is 1. The largest absolute Gasteiger partial charge is 0.371 e. The first kappa shape index (κ1) is 14.9. The molecule has 1 heterocycles. The molecule has 0 amide bonds. The molecular weight excluding hydrogens is 256 g/mol. The van der Waals surface area contributed by atoms with Crippen LogP contribution in [0.15, 0.2) is 24.3 Å². The van der Waals surface area contributed by atoms with Gasteiger partial charge < -0.3 is 10.2 Å². The number of fused-ring (bicyclic) bond motifs is 1. The van der Waals surface area contributed by atoms with E-state index in [2.05, 4.69) is 41.4 Å². The van der Waals surface area contributed by atoms with Crippen molar-refractivity contribution in [1.82, 2.24) is 5.32 Å². The van der Waals surface area contributed by atoms with Crippen LogP contribution in [0.4, 0.5) is 5.69 Å². The number of aryl methyl sites for hydroxylation is 1. The maximum Gasteiger partial charge on any atom is 0.0398 e. The van der Waals surface area contributed by atoms with Gasteiger partial charge >= 0.3 is 0 Å². The van der Waals surface area contributed by atoms with Gasteiger partial charge in [0, 0.05) is 24.8 Å². The van der Waals surface area contributed by atoms with E-state index < -0.39 is 0 Å². The van der Waals surface area contributed by atoms with Crippen LogP contribution in [0.3, 0.4) is 0 Å². The van der Waals surface area contributed by atoms with Gasteiger partial charge in [-0.25, -0.2) is 0 Å². The summed E-state index contributed by atoms with van der Waals surface area (Å²) in [6.07, 6.45) is 9.43. The molecule has 116 valence electrons. The van der Waals surface area contributed by atoms with Gasteiger partial charge in [-0.1, -0.05) is 38.0 Å². The number of benzene rings is 1. The molecule has 2 unspecified atom stereocenters. The third-order valence-corrected chi connectivity index (χ3v) is 5.23. The van der Waals surface area contributed by atoms with Gasteiger partial charge in [0.2, 0.25) is 0 Å². The molecule has 1 saturated carbocycles. The highest BCUT2D eigenvalue weighted by Crippen LogP contribution is 2.31. The van der Waals surface area contributed by atoms with E-state index in [0.717, 1.165) is 12.0 Å². The first-order chi connectivity index (χ1) is 10.4. The van der Waals surface area contributed by atoms with Crippen molar-refractivity contribution in [2.75, 3.05) is 24.5 Å². The summed E-state index contributed by atoms with van der Waals surface area (Å²) in [7, 11) is 0. The average Bonchev–Trinajstić information content (AvgIpc) is 2.54. The summed E-state index contributed by atoms with van der Waals surface area (Å²) in [6.45, 7) is 5.94. The SMILES string of the molecule is CCCNC1CCCCC1CN1CCCc2ccccc21. The fourth-order valence-electron chi connectivity index (χ4n) is 4.11. The Morgan fingerprint density at radius 1 is 1.14 bits per heavy atom. The van der Waals surface area contributed by atoms with Crippen LogP contribution in [-0.2, 0) is 6.42 Å². The molecule has 2 aliphatic rings. The van der Waals surface area contributed by atoms with Crippen LogP contribution in [0.2, 0.25) is 0 Å². The molecule has 1 N–H and O–H groups in total. The van der Waals surface area contributed by atoms with Crippen LogP contribution in [0.1, 0.15) is 51.0 Å². The lowest BCUT2D eigenvalue weighted by molar-refractivity contribution is 0.264. The Hall–Kier alpha value is -1.02. The highest BCUT2D eigenvalue weighted by Gasteiger charge is 2.27. The van der Waals surface area contributed by atoms with Crippen molar-refractivity contribution in [1.29, 1.82) is 0 Å². The van der Waals surface area contributed by atoms with Crippen LogP contribution in [0, 0.1) is 5.92 Å². The van der Waals surface area contributed by atoms with E-state index in [1.54, 1.807) is 5.56 Å². The Labute approximate surface area is 129 Å². The molecule has 0 saturated heterocycles. The fraction of sp³-hybridized carbons (Fsp3) is 0.684. The van der Waals surface area contributed by atoms with Gasteiger partial charge in [0.25, 0.3) is 0 Å². The van der Waals surface area contributed by atoms with Crippen LogP contribution in [0.5, 0.6) is 0 Å². The number of hydrogen-bond acceptors (Lipinski definition) is 2. The van der Waals surface area contributed by atoms with Crippen LogP contribution in [-0.4, -0.2) is 25.7 Å². The number of nitrogens with one attached hydrogen (secondary N) is 1. The molecule has 2 atom stereocenters. The summed E-state index contributed by atoms with van der Waals surface area (Å²) in [5.41, 5.74) is 3.06. The van der Waals surface area contributed by atoms with E-state index in [0.29, 0.717) is 0 Å². The number of rotatable bonds is 5. The molecule has 1 aromatic carbocycles. The van der Waals surface area contributed by atoms with E-state index in [9.17, 15) is 0 Å². The summed E-state index contributed by atoms with van der Waals surface area (Å²) in [5.74, 6) is 0.830. The molecule has 1 aliphatic carbocycles. The normalized spacial score (nSPS) is 25.7. The molecule has 2 heteroatoms. The standard InChI is InChI=1S/C19H30N2/c1-2-13-20-18-11-5-3-9-17(18)15-21-14-7-10-16-8-4-6-12-19(16)21/h4,6,8,12,17-18,20H,2-3,5,7,9-11,13-15H2,1H3. The highest BCUT2D eigenvalue weighted by molar-refractivity contribution is 5.55. The summed E-state index contributed by atoms with van der Waals surface area (Å²) in [5, 5.41) is 3.81. The van der Waals surface area contributed by atoms with E-state index in [1.807, 2.05) is 0 Å². The molecule has 1 aromatic rings. The summed E-state index contributed by atoms with van der Waals surface area (Å²) in [4.78, 5) is 2.66. The molecule has 0 spiro atoms. The third kappa shape index (κ3) is 3.60. The lowest BCUT2D eigenvalue weighted by Gasteiger charge is -2.39. The predicted octanol–water partition coefficient (Wildman–Crippen LogP) is 4.00. The quantitative estimate of drug-likeness (QED) is 0.880. The minimum atomic E-state index is 0.743. The van der Waals surface area contributed by atoms with Crippen molar-refractivity contribution >= 4 is 5.69 Å². The molecular formula is C19H30N2. The van der Waals surface area contributed by atoms with E-state index in [-0.39, 0.29) is 0 Å². The molecule has 0 aromatic heterocycles. The molecule has 2 nitrogen and oxygen atoms in total. The first-order valence-corrected chi connectivity index (χ1v) is 8.94. The Morgan fingerprint density at radius 3 is 2.90 bits per heavy atom. The number of hydrogen-bond donors (Lipinski definition) is 1. The fourth-order valence-corrected chi connectivity index (χ4v) is 4.11. The second-order valence-corrected chi connectivity index (χ2v) is 6.78. The van der Waals surface area contributed by atoms with Crippen molar-refractivity contribution in [2.24, 2.45) is 5.92 Å². The molecule has 3 rings (SSSR count). The van der Waals surface area contributed by atoms with Crippen molar-refractivity contribution in [3.63, 3.8) is 0 Å². The molecule has 1 fully saturated rings. The zero-order valence-corrected chi connectivity index (χ0v) is 13.5. The van der Waals surface area contributed by atoms with Crippen LogP contribution < -0.4 is 10.2 Å². The smallest absolute Gasteiger partial charge is 0.0398 e. The van der Waals surface area contributed by atoms with Gasteiger partial charge in [-0.3, -0.25) is 0 Å². The molecule has 21 heavy (non-hydrogen) atoms. The lowest BCUT2D eigenvalue weighted by atomic mass is 9.83. The van der Waals surface area contributed by atoms with E-state index in [1.165, 1.54) is 70.3 Å². The highest BCUT2D eigenvalue weighted by atomic mass is 15.1. The van der Waals surface area contributed by atoms with Crippen molar-refractivity contribution in [2.45, 2.75) is 57.9 Å².